The normalized spacial score (nSPS) is 22.7. The van der Waals surface area contributed by atoms with Crippen LogP contribution in [0.4, 0.5) is 0 Å². The predicted octanol–water partition coefficient (Wildman–Crippen LogP) is -4.09. The minimum Gasteiger partial charge on any atom is -0.543 e. The number of hydrogen-bond donors (Lipinski definition) is 1. The fraction of sp³-hybridized carbons (Fsp3) is 0.500. The number of nitrogens with zero attached hydrogens (tertiary/aromatic N) is 1. The van der Waals surface area contributed by atoms with Crippen LogP contribution in [0.15, 0.2) is 9.93 Å². The fourth-order valence-electron chi connectivity index (χ4n) is 1.46. The van der Waals surface area contributed by atoms with Crippen LogP contribution in [0.25, 0.3) is 0 Å². The van der Waals surface area contributed by atoms with Crippen molar-refractivity contribution in [3.05, 3.63) is 9.93 Å². The molecule has 1 saturated heterocycles. The average molecular weight is 268 g/mol. The topological polar surface area (TPSA) is 86.5 Å². The van der Waals surface area contributed by atoms with E-state index in [4.69, 9.17) is 5.73 Å². The Hall–Kier alpha value is 0.340. The summed E-state index contributed by atoms with van der Waals surface area (Å²) in [6.07, 6.45) is 0.411. The zero-order valence-corrected chi connectivity index (χ0v) is 12.4. The number of hydrogen-bond acceptors (Lipinski definition) is 6. The molecule has 2 aliphatic rings. The molecule has 0 aromatic heterocycles. The van der Waals surface area contributed by atoms with Crippen LogP contribution >= 0.6 is 23.5 Å². The van der Waals surface area contributed by atoms with Crippen molar-refractivity contribution in [3.63, 3.8) is 0 Å². The zero-order valence-electron chi connectivity index (χ0n) is 8.76. The van der Waals surface area contributed by atoms with Crippen LogP contribution in [0.1, 0.15) is 6.42 Å². The molecule has 0 saturated carbocycles. The van der Waals surface area contributed by atoms with E-state index < -0.39 is 5.97 Å². The van der Waals surface area contributed by atoms with Crippen LogP contribution in [0, 0.1) is 0 Å². The van der Waals surface area contributed by atoms with E-state index in [9.17, 15) is 14.7 Å². The van der Waals surface area contributed by atoms with E-state index in [1.807, 2.05) is 0 Å². The second-order valence-electron chi connectivity index (χ2n) is 3.10. The van der Waals surface area contributed by atoms with Gasteiger partial charge in [-0.25, -0.2) is 0 Å². The maximum Gasteiger partial charge on any atom is 1.00 e. The number of rotatable bonds is 4. The third kappa shape index (κ3) is 2.44. The number of carboxylic acids is 1. The van der Waals surface area contributed by atoms with E-state index in [2.05, 4.69) is 0 Å². The molecule has 5 nitrogen and oxygen atoms in total. The number of fused-ring (bicyclic) bond motifs is 1. The number of carbonyl (C=O) groups excluding carboxylic acids is 2. The molecule has 2 aliphatic heterocycles. The average Bonchev–Trinajstić information content (AvgIpc) is 2.47. The minimum atomic E-state index is -1.28. The molecule has 0 bridgehead atoms. The molecule has 2 N–H and O–H groups in total. The first-order valence-electron chi connectivity index (χ1n) is 4.42. The first kappa shape index (κ1) is 14.4. The number of β-lactam (4-membered cyclic amide) rings is 1. The Bertz CT molecular complexity index is 361. The first-order valence-corrected chi connectivity index (χ1v) is 6.29. The first-order chi connectivity index (χ1) is 7.15. The van der Waals surface area contributed by atoms with E-state index in [0.717, 1.165) is 0 Å². The van der Waals surface area contributed by atoms with Crippen LogP contribution in [-0.2, 0) is 9.59 Å². The second kappa shape index (κ2) is 5.79. The molecular formula is C8H9N2NaO3S2. The summed E-state index contributed by atoms with van der Waals surface area (Å²) < 4.78 is 0.649. The maximum atomic E-state index is 11.2. The van der Waals surface area contributed by atoms with Gasteiger partial charge in [0.15, 0.2) is 0 Å². The van der Waals surface area contributed by atoms with E-state index in [1.54, 1.807) is 0 Å². The number of amides is 1. The van der Waals surface area contributed by atoms with E-state index in [-0.39, 0.29) is 46.5 Å². The summed E-state index contributed by atoms with van der Waals surface area (Å²) in [5, 5.41) is 10.9. The van der Waals surface area contributed by atoms with Crippen molar-refractivity contribution in [2.24, 2.45) is 5.73 Å². The number of carbonyl (C=O) groups is 2. The molecule has 2 heterocycles. The second-order valence-corrected chi connectivity index (χ2v) is 5.65. The molecule has 1 fully saturated rings. The Morgan fingerprint density at radius 3 is 2.88 bits per heavy atom. The largest absolute Gasteiger partial charge is 1.00 e. The van der Waals surface area contributed by atoms with Gasteiger partial charge in [0.2, 0.25) is 5.91 Å². The molecule has 0 aromatic rings. The van der Waals surface area contributed by atoms with Gasteiger partial charge in [-0.15, -0.1) is 11.8 Å². The minimum absolute atomic E-state index is 0. The smallest absolute Gasteiger partial charge is 0.543 e. The van der Waals surface area contributed by atoms with Gasteiger partial charge in [0, 0.05) is 12.3 Å². The van der Waals surface area contributed by atoms with Crippen molar-refractivity contribution in [1.82, 2.24) is 4.90 Å². The van der Waals surface area contributed by atoms with Gasteiger partial charge in [-0.05, 0) is 0 Å². The van der Waals surface area contributed by atoms with Crippen LogP contribution in [0.5, 0.6) is 0 Å². The zero-order chi connectivity index (χ0) is 11.0. The standard InChI is InChI=1S/C8H10N2O3S2.Na/c9-1-2-14-8-6(7(12)13)10-4(11)3-5(10)15-8;/h5H,1-3,9H2,(H,12,13);/q;+1/p-1/t5-;/m1./s1. The molecule has 16 heavy (non-hydrogen) atoms. The summed E-state index contributed by atoms with van der Waals surface area (Å²) >= 11 is 2.78. The maximum absolute atomic E-state index is 11.2. The number of thioether (sulfide) groups is 2. The van der Waals surface area contributed by atoms with Crippen LogP contribution in [0.3, 0.4) is 0 Å². The summed E-state index contributed by atoms with van der Waals surface area (Å²) in [5.74, 6) is -0.777. The van der Waals surface area contributed by atoms with Gasteiger partial charge < -0.3 is 15.6 Å². The van der Waals surface area contributed by atoms with Crippen molar-refractivity contribution >= 4 is 35.4 Å². The van der Waals surface area contributed by atoms with Gasteiger partial charge in [-0.2, -0.15) is 0 Å². The molecule has 1 amide bonds. The van der Waals surface area contributed by atoms with E-state index in [0.29, 0.717) is 23.0 Å². The van der Waals surface area contributed by atoms with Gasteiger partial charge >= 0.3 is 29.6 Å². The Kier molecular flexibility index (Phi) is 5.21. The Morgan fingerprint density at radius 2 is 2.38 bits per heavy atom. The van der Waals surface area contributed by atoms with Gasteiger partial charge in [0.05, 0.1) is 27.7 Å². The number of nitrogens with two attached hydrogens (primary N) is 1. The van der Waals surface area contributed by atoms with Gasteiger partial charge in [-0.1, -0.05) is 11.8 Å². The van der Waals surface area contributed by atoms with Crippen molar-refractivity contribution < 1.29 is 44.3 Å². The molecular weight excluding hydrogens is 259 g/mol. The summed E-state index contributed by atoms with van der Waals surface area (Å²) in [6, 6.07) is 0. The van der Waals surface area contributed by atoms with Gasteiger partial charge in [0.25, 0.3) is 0 Å². The molecule has 2 rings (SSSR count). The van der Waals surface area contributed by atoms with Crippen LogP contribution < -0.4 is 40.4 Å². The van der Waals surface area contributed by atoms with E-state index >= 15 is 0 Å². The quantitative estimate of drug-likeness (QED) is 0.412. The molecule has 0 spiro atoms. The Labute approximate surface area is 123 Å². The van der Waals surface area contributed by atoms with Crippen LogP contribution in [-0.4, -0.2) is 34.4 Å². The molecule has 8 heteroatoms. The number of carboxylic acid groups (broad SMARTS) is 1. The summed E-state index contributed by atoms with van der Waals surface area (Å²) in [4.78, 5) is 23.4. The molecule has 0 unspecified atom stereocenters. The predicted molar refractivity (Wildman–Crippen MR) is 56.4 cm³/mol. The Balaban J connectivity index is 0.00000128. The van der Waals surface area contributed by atoms with Crippen molar-refractivity contribution in [2.75, 3.05) is 12.3 Å². The third-order valence-electron chi connectivity index (χ3n) is 2.13. The van der Waals surface area contributed by atoms with Gasteiger partial charge in [0.1, 0.15) is 0 Å². The molecule has 0 aliphatic carbocycles. The monoisotopic (exact) mass is 268 g/mol. The number of aliphatic carboxylic acids is 1. The summed E-state index contributed by atoms with van der Waals surface area (Å²) in [5.41, 5.74) is 5.37. The molecule has 82 valence electrons. The van der Waals surface area contributed by atoms with E-state index in [1.165, 1.54) is 28.4 Å². The third-order valence-corrected chi connectivity index (χ3v) is 4.72. The van der Waals surface area contributed by atoms with Crippen molar-refractivity contribution in [1.29, 1.82) is 0 Å². The summed E-state index contributed by atoms with van der Waals surface area (Å²) in [7, 11) is 0. The SMILES string of the molecule is NCCSC1=C(C(=O)[O-])N2C(=O)C[C@H]2S1.[Na+]. The van der Waals surface area contributed by atoms with Crippen LogP contribution in [0.2, 0.25) is 0 Å². The Morgan fingerprint density at radius 1 is 1.69 bits per heavy atom. The molecule has 0 aromatic carbocycles. The van der Waals surface area contributed by atoms with Crippen molar-refractivity contribution in [2.45, 2.75) is 11.8 Å². The van der Waals surface area contributed by atoms with Crippen molar-refractivity contribution in [3.8, 4) is 0 Å². The molecule has 0 radical (unpaired) electrons. The fourth-order valence-corrected chi connectivity index (χ4v) is 4.04. The molecule has 1 atom stereocenters. The summed E-state index contributed by atoms with van der Waals surface area (Å²) in [6.45, 7) is 0.480. The van der Waals surface area contributed by atoms with Gasteiger partial charge in [-0.3, -0.25) is 9.69 Å².